The van der Waals surface area contributed by atoms with Gasteiger partial charge in [0.2, 0.25) is 12.7 Å². The number of fused-ring (bicyclic) bond motifs is 1. The third kappa shape index (κ3) is 3.84. The summed E-state index contributed by atoms with van der Waals surface area (Å²) < 4.78 is 21.5. The summed E-state index contributed by atoms with van der Waals surface area (Å²) in [6.07, 6.45) is 0.133. The minimum absolute atomic E-state index is 0.0258. The molecule has 8 heteroatoms. The van der Waals surface area contributed by atoms with Crippen LogP contribution >= 0.6 is 0 Å². The molecule has 2 aliphatic rings. The number of nitrogens with zero attached hydrogens (tertiary/aromatic N) is 2. The summed E-state index contributed by atoms with van der Waals surface area (Å²) in [7, 11) is 0. The lowest BCUT2D eigenvalue weighted by atomic mass is 10.1. The third-order valence-electron chi connectivity index (χ3n) is 5.35. The Morgan fingerprint density at radius 3 is 2.90 bits per heavy atom. The van der Waals surface area contributed by atoms with E-state index in [1.807, 2.05) is 43.3 Å². The lowest BCUT2D eigenvalue weighted by Gasteiger charge is -2.17. The first-order chi connectivity index (χ1) is 15.1. The van der Waals surface area contributed by atoms with Gasteiger partial charge in [0.25, 0.3) is 0 Å². The fraction of sp³-hybridized carbons (Fsp3) is 0.261. The van der Waals surface area contributed by atoms with Gasteiger partial charge in [0.1, 0.15) is 12.3 Å². The van der Waals surface area contributed by atoms with Crippen molar-refractivity contribution in [2.24, 2.45) is 5.92 Å². The fourth-order valence-electron chi connectivity index (χ4n) is 3.74. The molecule has 0 N–H and O–H groups in total. The summed E-state index contributed by atoms with van der Waals surface area (Å²) in [5.41, 5.74) is 3.12. The van der Waals surface area contributed by atoms with Gasteiger partial charge in [-0.15, -0.1) is 0 Å². The molecule has 1 fully saturated rings. The molecule has 0 aliphatic carbocycles. The van der Waals surface area contributed by atoms with Gasteiger partial charge >= 0.3 is 5.97 Å². The van der Waals surface area contributed by atoms with E-state index in [0.717, 1.165) is 16.8 Å². The number of amides is 1. The molecule has 158 valence electrons. The van der Waals surface area contributed by atoms with E-state index in [9.17, 15) is 9.59 Å². The number of hydrogen-bond acceptors (Lipinski definition) is 7. The van der Waals surface area contributed by atoms with Crippen LogP contribution in [0.2, 0.25) is 0 Å². The molecule has 2 aromatic carbocycles. The molecule has 0 saturated carbocycles. The minimum Gasteiger partial charge on any atom is -0.459 e. The molecule has 31 heavy (non-hydrogen) atoms. The highest BCUT2D eigenvalue weighted by atomic mass is 16.7. The average Bonchev–Trinajstić information content (AvgIpc) is 3.51. The molecule has 0 spiro atoms. The summed E-state index contributed by atoms with van der Waals surface area (Å²) in [6.45, 7) is 2.44. The molecule has 5 rings (SSSR count). The van der Waals surface area contributed by atoms with Gasteiger partial charge in [-0.05, 0) is 42.8 Å². The molecule has 3 heterocycles. The quantitative estimate of drug-likeness (QED) is 0.584. The maximum Gasteiger partial charge on any atom is 0.311 e. The van der Waals surface area contributed by atoms with Gasteiger partial charge < -0.3 is 23.6 Å². The first-order valence-electron chi connectivity index (χ1n) is 9.96. The number of hydrogen-bond donors (Lipinski definition) is 0. The molecule has 1 amide bonds. The van der Waals surface area contributed by atoms with Crippen LogP contribution in [0, 0.1) is 12.8 Å². The minimum atomic E-state index is -0.506. The van der Waals surface area contributed by atoms with Crippen molar-refractivity contribution >= 4 is 17.6 Å². The second-order valence-electron chi connectivity index (χ2n) is 7.60. The lowest BCUT2D eigenvalue weighted by Crippen LogP contribution is -2.26. The molecule has 2 aliphatic heterocycles. The Kier molecular flexibility index (Phi) is 4.82. The number of benzene rings is 2. The van der Waals surface area contributed by atoms with Crippen LogP contribution in [0.1, 0.15) is 17.7 Å². The SMILES string of the molecule is Cc1cccc(N2CC(C(=O)OCc3cc(-c4ccc5c(c4)OCO5)on3)CC2=O)c1. The van der Waals surface area contributed by atoms with Gasteiger partial charge in [-0.2, -0.15) is 0 Å². The number of ether oxygens (including phenoxy) is 3. The zero-order valence-electron chi connectivity index (χ0n) is 16.9. The third-order valence-corrected chi connectivity index (χ3v) is 5.35. The highest BCUT2D eigenvalue weighted by Gasteiger charge is 2.36. The molecule has 1 atom stereocenters. The van der Waals surface area contributed by atoms with Crippen LogP contribution in [-0.4, -0.2) is 30.4 Å². The molecule has 1 aromatic heterocycles. The molecule has 0 bridgehead atoms. The van der Waals surface area contributed by atoms with E-state index in [0.29, 0.717) is 29.5 Å². The standard InChI is InChI=1S/C23H20N2O6/c1-14-3-2-4-18(7-14)25-11-16(9-22(25)26)23(27)28-12-17-10-20(31-24-17)15-5-6-19-21(8-15)30-13-29-19/h2-8,10,16H,9,11-13H2,1H3. The molecular formula is C23H20N2O6. The number of esters is 1. The number of anilines is 1. The van der Waals surface area contributed by atoms with Crippen molar-refractivity contribution < 1.29 is 28.3 Å². The van der Waals surface area contributed by atoms with E-state index in [1.54, 1.807) is 17.0 Å². The Morgan fingerprint density at radius 2 is 2.03 bits per heavy atom. The Morgan fingerprint density at radius 1 is 1.16 bits per heavy atom. The second kappa shape index (κ2) is 7.79. The van der Waals surface area contributed by atoms with Gasteiger partial charge in [0, 0.05) is 30.3 Å². The van der Waals surface area contributed by atoms with Crippen molar-refractivity contribution in [3.63, 3.8) is 0 Å². The zero-order valence-corrected chi connectivity index (χ0v) is 16.9. The maximum absolute atomic E-state index is 12.5. The predicted molar refractivity (Wildman–Crippen MR) is 109 cm³/mol. The molecule has 1 unspecified atom stereocenters. The van der Waals surface area contributed by atoms with Crippen molar-refractivity contribution in [3.05, 3.63) is 59.8 Å². The van der Waals surface area contributed by atoms with Crippen LogP contribution in [0.25, 0.3) is 11.3 Å². The van der Waals surface area contributed by atoms with Crippen molar-refractivity contribution in [1.29, 1.82) is 0 Å². The van der Waals surface area contributed by atoms with E-state index in [4.69, 9.17) is 18.7 Å². The van der Waals surface area contributed by atoms with Crippen LogP contribution in [0.3, 0.4) is 0 Å². The average molecular weight is 420 g/mol. The maximum atomic E-state index is 12.5. The van der Waals surface area contributed by atoms with Crippen LogP contribution < -0.4 is 14.4 Å². The van der Waals surface area contributed by atoms with Crippen molar-refractivity contribution in [2.75, 3.05) is 18.2 Å². The van der Waals surface area contributed by atoms with Gasteiger partial charge in [-0.3, -0.25) is 9.59 Å². The molecule has 8 nitrogen and oxygen atoms in total. The Bertz CT molecular complexity index is 1150. The van der Waals surface area contributed by atoms with Gasteiger partial charge in [-0.1, -0.05) is 17.3 Å². The fourth-order valence-corrected chi connectivity index (χ4v) is 3.74. The molecule has 1 saturated heterocycles. The Labute approximate surface area is 178 Å². The van der Waals surface area contributed by atoms with E-state index in [2.05, 4.69) is 5.16 Å². The van der Waals surface area contributed by atoms with Crippen LogP contribution in [0.5, 0.6) is 11.5 Å². The first-order valence-corrected chi connectivity index (χ1v) is 9.96. The highest BCUT2D eigenvalue weighted by molar-refractivity contribution is 5.99. The summed E-state index contributed by atoms with van der Waals surface area (Å²) in [6, 6.07) is 14.8. The zero-order chi connectivity index (χ0) is 21.4. The van der Waals surface area contributed by atoms with Gasteiger partial charge in [0.05, 0.1) is 5.92 Å². The van der Waals surface area contributed by atoms with Crippen LogP contribution in [0.15, 0.2) is 53.1 Å². The molecule has 0 radical (unpaired) electrons. The van der Waals surface area contributed by atoms with Crippen LogP contribution in [-0.2, 0) is 20.9 Å². The first kappa shape index (κ1) is 19.2. The lowest BCUT2D eigenvalue weighted by molar-refractivity contribution is -0.149. The van der Waals surface area contributed by atoms with Crippen LogP contribution in [0.4, 0.5) is 5.69 Å². The normalized spacial score (nSPS) is 17.3. The topological polar surface area (TPSA) is 91.1 Å². The highest BCUT2D eigenvalue weighted by Crippen LogP contribution is 2.36. The van der Waals surface area contributed by atoms with E-state index in [1.165, 1.54) is 0 Å². The van der Waals surface area contributed by atoms with E-state index in [-0.39, 0.29) is 25.7 Å². The summed E-state index contributed by atoms with van der Waals surface area (Å²) >= 11 is 0. The van der Waals surface area contributed by atoms with Crippen molar-refractivity contribution in [3.8, 4) is 22.8 Å². The summed E-state index contributed by atoms with van der Waals surface area (Å²) in [4.78, 5) is 26.5. The second-order valence-corrected chi connectivity index (χ2v) is 7.60. The summed E-state index contributed by atoms with van der Waals surface area (Å²) in [5.74, 6) is 0.851. The van der Waals surface area contributed by atoms with E-state index >= 15 is 0 Å². The molecule has 3 aromatic rings. The summed E-state index contributed by atoms with van der Waals surface area (Å²) in [5, 5.41) is 3.97. The predicted octanol–water partition coefficient (Wildman–Crippen LogP) is 3.48. The largest absolute Gasteiger partial charge is 0.459 e. The number of aromatic nitrogens is 1. The van der Waals surface area contributed by atoms with Gasteiger partial charge in [0.15, 0.2) is 17.3 Å². The smallest absolute Gasteiger partial charge is 0.311 e. The monoisotopic (exact) mass is 420 g/mol. The Balaban J connectivity index is 1.20. The van der Waals surface area contributed by atoms with Crippen molar-refractivity contribution in [2.45, 2.75) is 20.0 Å². The number of rotatable bonds is 5. The number of aryl methyl sites for hydroxylation is 1. The van der Waals surface area contributed by atoms with Gasteiger partial charge in [-0.25, -0.2) is 0 Å². The Hall–Kier alpha value is -3.81. The molecular weight excluding hydrogens is 400 g/mol. The number of carbonyl (C=O) groups excluding carboxylic acids is 2. The van der Waals surface area contributed by atoms with E-state index < -0.39 is 11.9 Å². The number of carbonyl (C=O) groups is 2. The van der Waals surface area contributed by atoms with Crippen molar-refractivity contribution in [1.82, 2.24) is 5.16 Å².